The lowest BCUT2D eigenvalue weighted by Crippen LogP contribution is -2.47. The lowest BCUT2D eigenvalue weighted by Gasteiger charge is -2.30. The van der Waals surface area contributed by atoms with Crippen molar-refractivity contribution in [3.05, 3.63) is 34.8 Å². The van der Waals surface area contributed by atoms with E-state index in [1.165, 1.54) is 6.92 Å². The summed E-state index contributed by atoms with van der Waals surface area (Å²) in [6.45, 7) is 6.70. The average molecular weight is 289 g/mol. The highest BCUT2D eigenvalue weighted by Crippen LogP contribution is 2.29. The summed E-state index contributed by atoms with van der Waals surface area (Å²) in [5.74, 6) is -2.74. The third-order valence-corrected chi connectivity index (χ3v) is 3.37. The van der Waals surface area contributed by atoms with Crippen LogP contribution in [0.1, 0.15) is 27.7 Å². The molecular weight excluding hydrogens is 270 g/mol. The van der Waals surface area contributed by atoms with Gasteiger partial charge in [-0.2, -0.15) is 0 Å². The van der Waals surface area contributed by atoms with E-state index in [2.05, 4.69) is 4.99 Å². The van der Waals surface area contributed by atoms with Gasteiger partial charge in [0.1, 0.15) is 5.60 Å². The Balaban J connectivity index is 2.57. The molecule has 2 unspecified atom stereocenters. The Kier molecular flexibility index (Phi) is 3.61. The largest absolute Gasteiger partial charge is 0.481 e. The van der Waals surface area contributed by atoms with Crippen LogP contribution in [0.4, 0.5) is 0 Å². The molecule has 5 nitrogen and oxygen atoms in total. The van der Waals surface area contributed by atoms with Crippen LogP contribution in [0.2, 0.25) is 0 Å². The highest BCUT2D eigenvalue weighted by molar-refractivity contribution is 5.95. The molecule has 0 spiro atoms. The number of carbonyl (C=O) groups is 2. The number of hydrogen-bond acceptors (Lipinski definition) is 4. The Hall–Kier alpha value is -2.17. The topological polar surface area (TPSA) is 76.0 Å². The summed E-state index contributed by atoms with van der Waals surface area (Å²) in [4.78, 5) is 28.4. The monoisotopic (exact) mass is 289 g/mol. The smallest absolute Gasteiger partial charge is 0.339 e. The molecule has 0 saturated carbocycles. The summed E-state index contributed by atoms with van der Waals surface area (Å²) in [5.41, 5.74) is -2.22. The fraction of sp³-hybridized carbons (Fsp3) is 0.438. The number of rotatable bonds is 3. The molecule has 21 heavy (non-hydrogen) atoms. The van der Waals surface area contributed by atoms with E-state index in [0.29, 0.717) is 5.36 Å². The van der Waals surface area contributed by atoms with Crippen LogP contribution in [-0.2, 0) is 14.3 Å². The molecular formula is C16H19NO4. The van der Waals surface area contributed by atoms with Gasteiger partial charge in [0.15, 0.2) is 5.54 Å². The molecule has 0 radical (unpaired) electrons. The highest BCUT2D eigenvalue weighted by atomic mass is 16.6. The summed E-state index contributed by atoms with van der Waals surface area (Å²) in [6, 6.07) is 7.18. The maximum absolute atomic E-state index is 12.6. The molecule has 112 valence electrons. The van der Waals surface area contributed by atoms with Gasteiger partial charge in [-0.1, -0.05) is 18.2 Å². The summed E-state index contributed by atoms with van der Waals surface area (Å²) in [5, 5.41) is 10.7. The zero-order valence-corrected chi connectivity index (χ0v) is 12.6. The van der Waals surface area contributed by atoms with Gasteiger partial charge in [0.05, 0.1) is 11.3 Å². The lowest BCUT2D eigenvalue weighted by molar-refractivity contribution is -0.164. The molecule has 1 aromatic carbocycles. The van der Waals surface area contributed by atoms with Crippen molar-refractivity contribution in [1.82, 2.24) is 0 Å². The predicted molar refractivity (Wildman–Crippen MR) is 77.1 cm³/mol. The number of benzene rings is 1. The maximum Gasteiger partial charge on any atom is 0.339 e. The second-order valence-electron chi connectivity index (χ2n) is 6.20. The van der Waals surface area contributed by atoms with Crippen LogP contribution in [0.15, 0.2) is 29.3 Å². The van der Waals surface area contributed by atoms with E-state index in [-0.39, 0.29) is 0 Å². The van der Waals surface area contributed by atoms with Crippen LogP contribution in [0.3, 0.4) is 0 Å². The number of carboxylic acid groups (broad SMARTS) is 1. The molecule has 0 fully saturated rings. The molecule has 1 aliphatic heterocycles. The van der Waals surface area contributed by atoms with Gasteiger partial charge in [-0.3, -0.25) is 9.79 Å². The van der Waals surface area contributed by atoms with E-state index in [1.807, 2.05) is 6.07 Å². The van der Waals surface area contributed by atoms with Crippen molar-refractivity contribution in [3.63, 3.8) is 0 Å². The van der Waals surface area contributed by atoms with E-state index >= 15 is 0 Å². The summed E-state index contributed by atoms with van der Waals surface area (Å²) in [6.07, 6.45) is 1.59. The van der Waals surface area contributed by atoms with Crippen molar-refractivity contribution in [2.75, 3.05) is 0 Å². The second-order valence-corrected chi connectivity index (χ2v) is 6.20. The molecule has 0 amide bonds. The standard InChI is InChI=1S/C16H19NO4/c1-10(13(18)19)16(14(20)21-15(2,3)4)9-11-7-5-6-8-12(11)17-16/h5-10H,1-4H3,(H,18,19). The van der Waals surface area contributed by atoms with Gasteiger partial charge in [-0.25, -0.2) is 4.79 Å². The normalized spacial score (nSPS) is 21.7. The van der Waals surface area contributed by atoms with Crippen LogP contribution in [0.5, 0.6) is 0 Å². The summed E-state index contributed by atoms with van der Waals surface area (Å²) < 4.78 is 5.40. The third kappa shape index (κ3) is 2.82. The number of hydrogen-bond donors (Lipinski definition) is 1. The first kappa shape index (κ1) is 15.2. The molecule has 1 aliphatic rings. The van der Waals surface area contributed by atoms with Crippen molar-refractivity contribution in [3.8, 4) is 0 Å². The van der Waals surface area contributed by atoms with Gasteiger partial charge in [0.2, 0.25) is 0 Å². The lowest BCUT2D eigenvalue weighted by atomic mass is 9.85. The first-order valence-corrected chi connectivity index (χ1v) is 6.80. The number of fused-ring (bicyclic) bond motifs is 1. The molecule has 0 aromatic heterocycles. The Morgan fingerprint density at radius 3 is 2.43 bits per heavy atom. The minimum absolute atomic E-state index is 0.608. The third-order valence-electron chi connectivity index (χ3n) is 3.37. The second kappa shape index (κ2) is 4.98. The van der Waals surface area contributed by atoms with Gasteiger partial charge in [0.25, 0.3) is 0 Å². The Bertz CT molecular complexity index is 665. The molecule has 0 aliphatic carbocycles. The zero-order chi connectivity index (χ0) is 15.8. The molecule has 1 N–H and O–H groups in total. The molecule has 5 heteroatoms. The van der Waals surface area contributed by atoms with Crippen molar-refractivity contribution >= 4 is 18.0 Å². The van der Waals surface area contributed by atoms with E-state index in [1.54, 1.807) is 45.0 Å². The Morgan fingerprint density at radius 1 is 1.29 bits per heavy atom. The van der Waals surface area contributed by atoms with E-state index in [9.17, 15) is 14.7 Å². The van der Waals surface area contributed by atoms with Crippen molar-refractivity contribution in [1.29, 1.82) is 0 Å². The molecule has 2 rings (SSSR count). The Morgan fingerprint density at radius 2 is 1.90 bits per heavy atom. The van der Waals surface area contributed by atoms with Crippen molar-refractivity contribution < 1.29 is 19.4 Å². The van der Waals surface area contributed by atoms with Crippen LogP contribution >= 0.6 is 0 Å². The van der Waals surface area contributed by atoms with Crippen LogP contribution in [0.25, 0.3) is 6.08 Å². The number of nitrogens with zero attached hydrogens (tertiary/aromatic N) is 1. The van der Waals surface area contributed by atoms with E-state index < -0.39 is 29.0 Å². The minimum Gasteiger partial charge on any atom is -0.481 e. The van der Waals surface area contributed by atoms with E-state index in [4.69, 9.17) is 4.74 Å². The first-order chi connectivity index (χ1) is 9.66. The van der Waals surface area contributed by atoms with Crippen molar-refractivity contribution in [2.45, 2.75) is 38.8 Å². The molecule has 1 heterocycles. The van der Waals surface area contributed by atoms with Gasteiger partial charge < -0.3 is 9.84 Å². The number of ether oxygens (including phenoxy) is 1. The van der Waals surface area contributed by atoms with Crippen LogP contribution in [-0.4, -0.2) is 28.2 Å². The quantitative estimate of drug-likeness (QED) is 0.839. The van der Waals surface area contributed by atoms with Gasteiger partial charge in [-0.05, 0) is 45.1 Å². The number of aliphatic carboxylic acids is 1. The number of carbonyl (C=O) groups excluding carboxylic acids is 1. The Labute approximate surface area is 123 Å². The molecule has 0 bridgehead atoms. The van der Waals surface area contributed by atoms with Crippen LogP contribution < -0.4 is 10.6 Å². The highest BCUT2D eigenvalue weighted by Gasteiger charge is 2.49. The maximum atomic E-state index is 12.6. The average Bonchev–Trinajstić information content (AvgIpc) is 2.76. The van der Waals surface area contributed by atoms with Gasteiger partial charge in [0, 0.05) is 0 Å². The van der Waals surface area contributed by atoms with Gasteiger partial charge >= 0.3 is 11.9 Å². The number of para-hydroxylation sites is 1. The molecule has 0 saturated heterocycles. The fourth-order valence-electron chi connectivity index (χ4n) is 2.23. The SMILES string of the molecule is CC(C(=O)O)C1(C(=O)OC(C)(C)C)C=c2ccccc2=N1. The number of esters is 1. The van der Waals surface area contributed by atoms with E-state index in [0.717, 1.165) is 5.22 Å². The first-order valence-electron chi connectivity index (χ1n) is 6.80. The van der Waals surface area contributed by atoms with Crippen molar-refractivity contribution in [2.24, 2.45) is 10.9 Å². The number of carboxylic acids is 1. The molecule has 1 aromatic rings. The predicted octanol–water partition coefficient (Wildman–Crippen LogP) is 0.901. The minimum atomic E-state index is -1.51. The summed E-state index contributed by atoms with van der Waals surface area (Å²) in [7, 11) is 0. The van der Waals surface area contributed by atoms with Crippen LogP contribution in [0, 0.1) is 5.92 Å². The zero-order valence-electron chi connectivity index (χ0n) is 12.6. The fourth-order valence-corrected chi connectivity index (χ4v) is 2.23. The van der Waals surface area contributed by atoms with Gasteiger partial charge in [-0.15, -0.1) is 0 Å². The molecule has 2 atom stereocenters. The summed E-state index contributed by atoms with van der Waals surface area (Å²) >= 11 is 0.